The number of nitrogen functional groups attached to an aromatic ring is 1. The fraction of sp³-hybridized carbons (Fsp3) is 0.462. The van der Waals surface area contributed by atoms with Crippen molar-refractivity contribution in [1.82, 2.24) is 0 Å². The lowest BCUT2D eigenvalue weighted by Gasteiger charge is -2.15. The Morgan fingerprint density at radius 2 is 2.33 bits per heavy atom. The number of hydrogen-bond acceptors (Lipinski definition) is 4. The molecule has 1 aliphatic rings. The van der Waals surface area contributed by atoms with Gasteiger partial charge in [-0.2, -0.15) is 0 Å². The van der Waals surface area contributed by atoms with E-state index >= 15 is 0 Å². The molecule has 1 fully saturated rings. The van der Waals surface area contributed by atoms with Crippen LogP contribution >= 0.6 is 0 Å². The fourth-order valence-electron chi connectivity index (χ4n) is 2.07. The maximum atomic E-state index is 11.1. The molecule has 0 radical (unpaired) electrons. The van der Waals surface area contributed by atoms with E-state index in [1.165, 1.54) is 6.07 Å². The van der Waals surface area contributed by atoms with Gasteiger partial charge < -0.3 is 20.3 Å². The standard InChI is InChI=1S/C13H17NO4/c1-8-5-6-9(18-8)7-17-12-10(13(15)16)3-2-4-11(12)14/h2-4,8-9H,5-7,14H2,1H3,(H,15,16). The molecule has 1 aliphatic heterocycles. The lowest BCUT2D eigenvalue weighted by Crippen LogP contribution is -2.19. The average molecular weight is 251 g/mol. The summed E-state index contributed by atoms with van der Waals surface area (Å²) in [7, 11) is 0. The molecule has 2 unspecified atom stereocenters. The number of hydrogen-bond donors (Lipinski definition) is 2. The van der Waals surface area contributed by atoms with Crippen molar-refractivity contribution in [2.45, 2.75) is 32.0 Å². The minimum absolute atomic E-state index is 0.0150. The zero-order valence-electron chi connectivity index (χ0n) is 10.3. The Morgan fingerprint density at radius 1 is 1.56 bits per heavy atom. The van der Waals surface area contributed by atoms with Gasteiger partial charge in [-0.15, -0.1) is 0 Å². The van der Waals surface area contributed by atoms with Gasteiger partial charge >= 0.3 is 5.97 Å². The second kappa shape index (κ2) is 5.27. The Bertz CT molecular complexity index is 447. The number of aromatic carboxylic acids is 1. The minimum atomic E-state index is -1.04. The Kier molecular flexibility index (Phi) is 3.72. The molecule has 0 amide bonds. The Hall–Kier alpha value is -1.75. The van der Waals surface area contributed by atoms with Crippen LogP contribution in [0.1, 0.15) is 30.1 Å². The summed E-state index contributed by atoms with van der Waals surface area (Å²) in [6.07, 6.45) is 2.19. The molecule has 3 N–H and O–H groups in total. The normalized spacial score (nSPS) is 22.9. The molecule has 0 aromatic heterocycles. The van der Waals surface area contributed by atoms with Gasteiger partial charge in [0.1, 0.15) is 12.2 Å². The second-order valence-electron chi connectivity index (χ2n) is 4.49. The Balaban J connectivity index is 2.06. The molecule has 98 valence electrons. The molecule has 1 aromatic rings. The van der Waals surface area contributed by atoms with Crippen molar-refractivity contribution in [2.75, 3.05) is 12.3 Å². The monoisotopic (exact) mass is 251 g/mol. The van der Waals surface area contributed by atoms with Crippen molar-refractivity contribution >= 4 is 11.7 Å². The Morgan fingerprint density at radius 3 is 2.94 bits per heavy atom. The number of carbonyl (C=O) groups is 1. The van der Waals surface area contributed by atoms with E-state index < -0.39 is 5.97 Å². The number of carboxylic acids is 1. The number of ether oxygens (including phenoxy) is 2. The first-order valence-corrected chi connectivity index (χ1v) is 5.98. The number of anilines is 1. The van der Waals surface area contributed by atoms with Gasteiger partial charge in [0.15, 0.2) is 5.75 Å². The summed E-state index contributed by atoms with van der Waals surface area (Å²) in [5.74, 6) is -0.814. The van der Waals surface area contributed by atoms with Crippen LogP contribution in [0.5, 0.6) is 5.75 Å². The summed E-state index contributed by atoms with van der Waals surface area (Å²) in [5.41, 5.74) is 6.16. The van der Waals surface area contributed by atoms with Crippen LogP contribution in [-0.4, -0.2) is 29.9 Å². The molecular formula is C13H17NO4. The molecule has 0 bridgehead atoms. The van der Waals surface area contributed by atoms with Crippen molar-refractivity contribution in [3.8, 4) is 5.75 Å². The van der Waals surface area contributed by atoms with Gasteiger partial charge in [-0.25, -0.2) is 4.79 Å². The van der Waals surface area contributed by atoms with Crippen molar-refractivity contribution < 1.29 is 19.4 Å². The average Bonchev–Trinajstić information content (AvgIpc) is 2.73. The van der Waals surface area contributed by atoms with Crippen LogP contribution < -0.4 is 10.5 Å². The largest absolute Gasteiger partial charge is 0.488 e. The summed E-state index contributed by atoms with van der Waals surface area (Å²) in [4.78, 5) is 11.1. The van der Waals surface area contributed by atoms with E-state index in [1.54, 1.807) is 12.1 Å². The fourth-order valence-corrected chi connectivity index (χ4v) is 2.07. The highest BCUT2D eigenvalue weighted by atomic mass is 16.5. The molecule has 2 rings (SSSR count). The van der Waals surface area contributed by atoms with Crippen LogP contribution in [0.4, 0.5) is 5.69 Å². The number of benzene rings is 1. The number of para-hydroxylation sites is 1. The molecule has 0 spiro atoms. The van der Waals surface area contributed by atoms with E-state index in [4.69, 9.17) is 20.3 Å². The SMILES string of the molecule is CC1CCC(COc2c(N)cccc2C(=O)O)O1. The van der Waals surface area contributed by atoms with E-state index in [0.29, 0.717) is 12.3 Å². The smallest absolute Gasteiger partial charge is 0.339 e. The predicted octanol–water partition coefficient (Wildman–Crippen LogP) is 1.91. The van der Waals surface area contributed by atoms with Gasteiger partial charge in [0.2, 0.25) is 0 Å². The summed E-state index contributed by atoms with van der Waals surface area (Å²) in [6, 6.07) is 4.70. The quantitative estimate of drug-likeness (QED) is 0.799. The molecule has 1 aromatic carbocycles. The molecule has 5 heteroatoms. The number of carboxylic acid groups (broad SMARTS) is 1. The van der Waals surface area contributed by atoms with Crippen LogP contribution in [0.15, 0.2) is 18.2 Å². The van der Waals surface area contributed by atoms with Gasteiger partial charge in [0, 0.05) is 0 Å². The molecule has 1 saturated heterocycles. The maximum absolute atomic E-state index is 11.1. The summed E-state index contributed by atoms with van der Waals surface area (Å²) < 4.78 is 11.1. The zero-order chi connectivity index (χ0) is 13.1. The molecule has 18 heavy (non-hydrogen) atoms. The van der Waals surface area contributed by atoms with Crippen molar-refractivity contribution in [1.29, 1.82) is 0 Å². The van der Waals surface area contributed by atoms with Gasteiger partial charge in [0.05, 0.1) is 17.9 Å². The maximum Gasteiger partial charge on any atom is 0.339 e. The second-order valence-corrected chi connectivity index (χ2v) is 4.49. The van der Waals surface area contributed by atoms with E-state index in [2.05, 4.69) is 0 Å². The van der Waals surface area contributed by atoms with Crippen LogP contribution in [0.25, 0.3) is 0 Å². The third-order valence-electron chi connectivity index (χ3n) is 3.01. The molecule has 5 nitrogen and oxygen atoms in total. The number of nitrogens with two attached hydrogens (primary N) is 1. The van der Waals surface area contributed by atoms with Crippen molar-refractivity contribution in [2.24, 2.45) is 0 Å². The molecule has 1 heterocycles. The number of rotatable bonds is 4. The summed E-state index contributed by atoms with van der Waals surface area (Å²) in [6.45, 7) is 2.35. The Labute approximate surface area is 106 Å². The van der Waals surface area contributed by atoms with Crippen LogP contribution in [-0.2, 0) is 4.74 Å². The highest BCUT2D eigenvalue weighted by molar-refractivity contribution is 5.93. The molecule has 0 aliphatic carbocycles. The molecular weight excluding hydrogens is 234 g/mol. The lowest BCUT2D eigenvalue weighted by molar-refractivity contribution is 0.0261. The topological polar surface area (TPSA) is 81.8 Å². The van der Waals surface area contributed by atoms with Gasteiger partial charge in [-0.05, 0) is 31.9 Å². The van der Waals surface area contributed by atoms with E-state index in [9.17, 15) is 4.79 Å². The van der Waals surface area contributed by atoms with Gasteiger partial charge in [0.25, 0.3) is 0 Å². The lowest BCUT2D eigenvalue weighted by atomic mass is 10.1. The highest BCUT2D eigenvalue weighted by Gasteiger charge is 2.23. The molecule has 0 saturated carbocycles. The van der Waals surface area contributed by atoms with Gasteiger partial charge in [-0.3, -0.25) is 0 Å². The predicted molar refractivity (Wildman–Crippen MR) is 66.9 cm³/mol. The first kappa shape index (κ1) is 12.7. The van der Waals surface area contributed by atoms with Crippen LogP contribution in [0, 0.1) is 0 Å². The van der Waals surface area contributed by atoms with Crippen LogP contribution in [0.3, 0.4) is 0 Å². The zero-order valence-corrected chi connectivity index (χ0v) is 10.3. The summed E-state index contributed by atoms with van der Waals surface area (Å²) >= 11 is 0. The first-order chi connectivity index (χ1) is 8.58. The minimum Gasteiger partial charge on any atom is -0.488 e. The van der Waals surface area contributed by atoms with E-state index in [0.717, 1.165) is 12.8 Å². The van der Waals surface area contributed by atoms with Crippen LogP contribution in [0.2, 0.25) is 0 Å². The van der Waals surface area contributed by atoms with E-state index in [-0.39, 0.29) is 23.5 Å². The first-order valence-electron chi connectivity index (χ1n) is 5.98. The summed E-state index contributed by atoms with van der Waals surface area (Å²) in [5, 5.41) is 9.06. The molecule has 2 atom stereocenters. The third kappa shape index (κ3) is 2.73. The van der Waals surface area contributed by atoms with E-state index in [1.807, 2.05) is 6.92 Å². The van der Waals surface area contributed by atoms with Crippen molar-refractivity contribution in [3.05, 3.63) is 23.8 Å². The van der Waals surface area contributed by atoms with Gasteiger partial charge in [-0.1, -0.05) is 6.07 Å². The highest BCUT2D eigenvalue weighted by Crippen LogP contribution is 2.28. The van der Waals surface area contributed by atoms with Crippen molar-refractivity contribution in [3.63, 3.8) is 0 Å². The third-order valence-corrected chi connectivity index (χ3v) is 3.01.